The monoisotopic (exact) mass is 306 g/mol. The molecule has 1 aliphatic carbocycles. The molecule has 0 N–H and O–H groups in total. The fraction of sp³-hybridized carbons (Fsp3) is 0.238. The number of allylic oxidation sites excluding steroid dienone is 4. The summed E-state index contributed by atoms with van der Waals surface area (Å²) in [6, 6.07) is 22.0. The van der Waals surface area contributed by atoms with Gasteiger partial charge in [-0.15, -0.1) is 0 Å². The molecule has 0 amide bonds. The summed E-state index contributed by atoms with van der Waals surface area (Å²) in [6.45, 7) is 4.59. The predicted octanol–water partition coefficient (Wildman–Crippen LogP) is 5.38. The molecule has 1 heteroatoms. The van der Waals surface area contributed by atoms with Crippen molar-refractivity contribution in [3.63, 3.8) is 0 Å². The van der Waals surface area contributed by atoms with Crippen molar-refractivity contribution in [1.82, 2.24) is 0 Å². The molecule has 0 radical (unpaired) electrons. The second-order valence-corrected chi connectivity index (χ2v) is 7.83. The number of hydrogen-bond donors (Lipinski definition) is 0. The molecule has 0 fully saturated rings. The van der Waals surface area contributed by atoms with Crippen LogP contribution in [0.3, 0.4) is 0 Å². The van der Waals surface area contributed by atoms with Gasteiger partial charge in [-0.25, -0.2) is 0 Å². The highest BCUT2D eigenvalue weighted by Crippen LogP contribution is 2.50. The third-order valence-corrected chi connectivity index (χ3v) is 6.90. The fourth-order valence-corrected chi connectivity index (χ4v) is 5.89. The molecule has 0 saturated carbocycles. The van der Waals surface area contributed by atoms with Crippen LogP contribution in [0.1, 0.15) is 26.7 Å². The van der Waals surface area contributed by atoms with E-state index in [-0.39, 0.29) is 0 Å². The van der Waals surface area contributed by atoms with E-state index in [1.54, 1.807) is 10.9 Å². The number of benzene rings is 2. The maximum Gasteiger partial charge on any atom is -0.00130 e. The Morgan fingerprint density at radius 2 is 1.36 bits per heavy atom. The second kappa shape index (κ2) is 7.07. The first-order chi connectivity index (χ1) is 10.8. The summed E-state index contributed by atoms with van der Waals surface area (Å²) in [5.41, 5.74) is 1.64. The molecular weight excluding hydrogens is 283 g/mol. The lowest BCUT2D eigenvalue weighted by atomic mass is 9.98. The van der Waals surface area contributed by atoms with E-state index in [4.69, 9.17) is 0 Å². The second-order valence-electron chi connectivity index (χ2n) is 5.64. The first-order valence-corrected chi connectivity index (χ1v) is 9.50. The number of hydrogen-bond acceptors (Lipinski definition) is 0. The first kappa shape index (κ1) is 15.3. The van der Waals surface area contributed by atoms with E-state index in [0.29, 0.717) is 5.92 Å². The molecule has 1 unspecified atom stereocenters. The van der Waals surface area contributed by atoms with Gasteiger partial charge in [-0.2, -0.15) is 0 Å². The maximum absolute atomic E-state index is 2.41. The van der Waals surface area contributed by atoms with Crippen LogP contribution >= 0.6 is 7.92 Å². The van der Waals surface area contributed by atoms with Crippen LogP contribution in [-0.4, -0.2) is 0 Å². The smallest absolute Gasteiger partial charge is 0.00130 e. The van der Waals surface area contributed by atoms with Crippen molar-refractivity contribution in [3.05, 3.63) is 83.7 Å². The molecule has 0 heterocycles. The zero-order valence-corrected chi connectivity index (χ0v) is 14.3. The van der Waals surface area contributed by atoms with Gasteiger partial charge in [0.1, 0.15) is 0 Å². The Labute approximate surface area is 135 Å². The highest BCUT2D eigenvalue weighted by Gasteiger charge is 2.25. The van der Waals surface area contributed by atoms with Crippen LogP contribution in [0.4, 0.5) is 0 Å². The van der Waals surface area contributed by atoms with Crippen molar-refractivity contribution in [2.75, 3.05) is 0 Å². The fourth-order valence-electron chi connectivity index (χ4n) is 3.25. The molecule has 112 valence electrons. The van der Waals surface area contributed by atoms with Crippen molar-refractivity contribution < 1.29 is 0 Å². The molecule has 0 nitrogen and oxygen atoms in total. The van der Waals surface area contributed by atoms with Gasteiger partial charge in [0.05, 0.1) is 0 Å². The van der Waals surface area contributed by atoms with Crippen molar-refractivity contribution in [2.24, 2.45) is 5.92 Å². The molecule has 1 aliphatic rings. The van der Waals surface area contributed by atoms with Crippen molar-refractivity contribution in [3.8, 4) is 0 Å². The quantitative estimate of drug-likeness (QED) is 0.651. The normalized spacial score (nSPS) is 17.5. The van der Waals surface area contributed by atoms with Gasteiger partial charge >= 0.3 is 0 Å². The molecule has 0 aromatic heterocycles. The largest absolute Gasteiger partial charge is 0.0767 e. The summed E-state index contributed by atoms with van der Waals surface area (Å²) in [7, 11) is -0.437. The zero-order valence-electron chi connectivity index (χ0n) is 13.4. The highest BCUT2D eigenvalue weighted by molar-refractivity contribution is 7.77. The van der Waals surface area contributed by atoms with E-state index in [1.165, 1.54) is 17.0 Å². The van der Waals surface area contributed by atoms with Crippen molar-refractivity contribution >= 4 is 18.5 Å². The van der Waals surface area contributed by atoms with Crippen LogP contribution in [0.2, 0.25) is 0 Å². The lowest BCUT2D eigenvalue weighted by Gasteiger charge is -2.22. The molecule has 3 rings (SSSR count). The Hall–Kier alpha value is -1.65. The Balaban J connectivity index is 2.13. The van der Waals surface area contributed by atoms with Gasteiger partial charge in [0, 0.05) is 0 Å². The average molecular weight is 306 g/mol. The van der Waals surface area contributed by atoms with E-state index in [1.807, 2.05) is 0 Å². The van der Waals surface area contributed by atoms with E-state index < -0.39 is 7.92 Å². The van der Waals surface area contributed by atoms with Crippen molar-refractivity contribution in [1.29, 1.82) is 0 Å². The van der Waals surface area contributed by atoms with Gasteiger partial charge < -0.3 is 0 Å². The zero-order chi connectivity index (χ0) is 15.4. The van der Waals surface area contributed by atoms with Gasteiger partial charge in [0.15, 0.2) is 0 Å². The first-order valence-electron chi connectivity index (χ1n) is 8.16. The lowest BCUT2D eigenvalue weighted by Crippen LogP contribution is -2.13. The van der Waals surface area contributed by atoms with Gasteiger partial charge in [-0.1, -0.05) is 92.2 Å². The van der Waals surface area contributed by atoms with Crippen LogP contribution < -0.4 is 10.6 Å². The Morgan fingerprint density at radius 3 is 1.82 bits per heavy atom. The Kier molecular flexibility index (Phi) is 4.90. The summed E-state index contributed by atoms with van der Waals surface area (Å²) in [6.07, 6.45) is 7.17. The Bertz CT molecular complexity index is 628. The van der Waals surface area contributed by atoms with E-state index in [9.17, 15) is 0 Å². The molecule has 0 spiro atoms. The van der Waals surface area contributed by atoms with Crippen LogP contribution in [0.15, 0.2) is 83.7 Å². The standard InChI is InChI=1S/C21H23P/c1-3-17-15-16-21(20(17)4-2)22(18-11-7-5-8-12-18)19-13-9-6-10-14-19/h5-17H,3-4H2,1-2H3. The third kappa shape index (κ3) is 2.94. The summed E-state index contributed by atoms with van der Waals surface area (Å²) in [5.74, 6) is 0.637. The summed E-state index contributed by atoms with van der Waals surface area (Å²) < 4.78 is 0. The molecule has 2 aromatic rings. The minimum absolute atomic E-state index is 0.437. The predicted molar refractivity (Wildman–Crippen MR) is 99.3 cm³/mol. The van der Waals surface area contributed by atoms with E-state index in [0.717, 1.165) is 6.42 Å². The molecule has 0 bridgehead atoms. The molecule has 0 saturated heterocycles. The third-order valence-electron chi connectivity index (χ3n) is 4.35. The van der Waals surface area contributed by atoms with Crippen LogP contribution in [0.25, 0.3) is 0 Å². The van der Waals surface area contributed by atoms with Gasteiger partial charge in [-0.05, 0) is 42.6 Å². The summed E-state index contributed by atoms with van der Waals surface area (Å²) >= 11 is 0. The molecular formula is C21H23P. The van der Waals surface area contributed by atoms with Crippen molar-refractivity contribution in [2.45, 2.75) is 26.7 Å². The molecule has 2 aromatic carbocycles. The van der Waals surface area contributed by atoms with E-state index >= 15 is 0 Å². The van der Waals surface area contributed by atoms with Gasteiger partial charge in [0.25, 0.3) is 0 Å². The average Bonchev–Trinajstić information content (AvgIpc) is 3.00. The lowest BCUT2D eigenvalue weighted by molar-refractivity contribution is 0.710. The number of rotatable bonds is 5. The topological polar surface area (TPSA) is 0 Å². The highest BCUT2D eigenvalue weighted by atomic mass is 31.1. The van der Waals surface area contributed by atoms with E-state index in [2.05, 4.69) is 86.7 Å². The van der Waals surface area contributed by atoms with Crippen LogP contribution in [0, 0.1) is 5.92 Å². The minimum Gasteiger partial charge on any atom is -0.0767 e. The maximum atomic E-state index is 2.41. The van der Waals surface area contributed by atoms with Crippen LogP contribution in [-0.2, 0) is 0 Å². The summed E-state index contributed by atoms with van der Waals surface area (Å²) in [5, 5.41) is 4.47. The Morgan fingerprint density at radius 1 is 0.818 bits per heavy atom. The van der Waals surface area contributed by atoms with Gasteiger partial charge in [0.2, 0.25) is 0 Å². The SMILES string of the molecule is CCC1=C(P(c2ccccc2)c2ccccc2)C=CC1CC. The molecule has 22 heavy (non-hydrogen) atoms. The van der Waals surface area contributed by atoms with Gasteiger partial charge in [-0.3, -0.25) is 0 Å². The minimum atomic E-state index is -0.437. The molecule has 0 aliphatic heterocycles. The van der Waals surface area contributed by atoms with Crippen LogP contribution in [0.5, 0.6) is 0 Å². The molecule has 1 atom stereocenters. The summed E-state index contributed by atoms with van der Waals surface area (Å²) in [4.78, 5) is 0.